The third kappa shape index (κ3) is 3.46. The second-order valence-electron chi connectivity index (χ2n) is 7.17. The normalized spacial score (nSPS) is 28.0. The molecule has 110 valence electrons. The van der Waals surface area contributed by atoms with Gasteiger partial charge in [-0.2, -0.15) is 0 Å². The first-order chi connectivity index (χ1) is 8.78. The summed E-state index contributed by atoms with van der Waals surface area (Å²) in [6, 6.07) is 0. The highest BCUT2D eigenvalue weighted by Crippen LogP contribution is 2.47. The molecule has 0 unspecified atom stereocenters. The fraction of sp³-hybridized carbons (Fsp3) is 0.929. The molecule has 0 bridgehead atoms. The van der Waals surface area contributed by atoms with Crippen molar-refractivity contribution in [1.29, 1.82) is 0 Å². The number of hydroxylamine groups is 1. The molecular weight excluding hydrogens is 246 g/mol. The summed E-state index contributed by atoms with van der Waals surface area (Å²) in [4.78, 5) is 11.3. The van der Waals surface area contributed by atoms with E-state index in [1.807, 2.05) is 0 Å². The summed E-state index contributed by atoms with van der Waals surface area (Å²) in [5, 5.41) is 8.63. The highest BCUT2D eigenvalue weighted by Gasteiger charge is 2.46. The molecular formula is C14H25NO4. The van der Waals surface area contributed by atoms with Gasteiger partial charge in [-0.05, 0) is 18.3 Å². The molecule has 5 heteroatoms. The van der Waals surface area contributed by atoms with Gasteiger partial charge in [-0.25, -0.2) is 5.48 Å². The molecule has 1 spiro atoms. The van der Waals surface area contributed by atoms with Crippen LogP contribution in [0.5, 0.6) is 0 Å². The Bertz CT molecular complexity index is 333. The van der Waals surface area contributed by atoms with Crippen molar-refractivity contribution < 1.29 is 19.5 Å². The SMILES string of the molecule is CC1(C)COC2(CCC(C)(CC(=O)NO)CC2)OC1. The van der Waals surface area contributed by atoms with Crippen molar-refractivity contribution in [2.24, 2.45) is 10.8 Å². The summed E-state index contributed by atoms with van der Waals surface area (Å²) in [6.07, 6.45) is 3.74. The van der Waals surface area contributed by atoms with E-state index in [4.69, 9.17) is 14.7 Å². The van der Waals surface area contributed by atoms with Crippen molar-refractivity contribution in [3.8, 4) is 0 Å². The van der Waals surface area contributed by atoms with Crippen LogP contribution in [0.3, 0.4) is 0 Å². The molecule has 1 aliphatic carbocycles. The highest BCUT2D eigenvalue weighted by atomic mass is 16.7. The van der Waals surface area contributed by atoms with Crippen molar-refractivity contribution >= 4 is 5.91 Å². The Balaban J connectivity index is 1.90. The summed E-state index contributed by atoms with van der Waals surface area (Å²) in [7, 11) is 0. The molecule has 0 aromatic carbocycles. The number of nitrogens with one attached hydrogen (secondary N) is 1. The predicted octanol–water partition coefficient (Wildman–Crippen LogP) is 2.23. The van der Waals surface area contributed by atoms with Crippen LogP contribution in [0.1, 0.15) is 52.9 Å². The Morgan fingerprint density at radius 1 is 1.11 bits per heavy atom. The maximum Gasteiger partial charge on any atom is 0.243 e. The number of ether oxygens (including phenoxy) is 2. The third-order valence-corrected chi connectivity index (χ3v) is 4.38. The number of carbonyl (C=O) groups excluding carboxylic acids is 1. The van der Waals surface area contributed by atoms with E-state index in [2.05, 4.69) is 20.8 Å². The predicted molar refractivity (Wildman–Crippen MR) is 69.5 cm³/mol. The first kappa shape index (κ1) is 14.8. The van der Waals surface area contributed by atoms with Crippen molar-refractivity contribution in [1.82, 2.24) is 5.48 Å². The molecule has 2 aliphatic rings. The number of carbonyl (C=O) groups is 1. The number of amides is 1. The topological polar surface area (TPSA) is 67.8 Å². The monoisotopic (exact) mass is 271 g/mol. The van der Waals surface area contributed by atoms with Crippen LogP contribution < -0.4 is 5.48 Å². The maximum atomic E-state index is 11.3. The summed E-state index contributed by atoms with van der Waals surface area (Å²) in [5.41, 5.74) is 1.73. The lowest BCUT2D eigenvalue weighted by atomic mass is 9.71. The van der Waals surface area contributed by atoms with Crippen LogP contribution in [-0.2, 0) is 14.3 Å². The van der Waals surface area contributed by atoms with Gasteiger partial charge in [0.05, 0.1) is 13.2 Å². The summed E-state index contributed by atoms with van der Waals surface area (Å²) in [6.45, 7) is 7.81. The van der Waals surface area contributed by atoms with Gasteiger partial charge in [0.25, 0.3) is 0 Å². The van der Waals surface area contributed by atoms with Crippen LogP contribution in [-0.4, -0.2) is 30.1 Å². The number of hydrogen-bond donors (Lipinski definition) is 2. The fourth-order valence-corrected chi connectivity index (χ4v) is 2.86. The van der Waals surface area contributed by atoms with E-state index in [9.17, 15) is 4.79 Å². The molecule has 1 saturated carbocycles. The van der Waals surface area contributed by atoms with Gasteiger partial charge in [0.15, 0.2) is 5.79 Å². The zero-order valence-electron chi connectivity index (χ0n) is 12.1. The molecule has 5 nitrogen and oxygen atoms in total. The maximum absolute atomic E-state index is 11.3. The molecule has 2 fully saturated rings. The van der Waals surface area contributed by atoms with Gasteiger partial charge in [0.1, 0.15) is 0 Å². The van der Waals surface area contributed by atoms with Gasteiger partial charge >= 0.3 is 0 Å². The Kier molecular flexibility index (Phi) is 3.91. The van der Waals surface area contributed by atoms with Crippen molar-refractivity contribution in [2.45, 2.75) is 58.7 Å². The standard InChI is InChI=1S/C14H25NO4/c1-12(2)9-18-14(19-10-12)6-4-13(3,5-7-14)8-11(16)15-17/h17H,4-10H2,1-3H3,(H,15,16). The van der Waals surface area contributed by atoms with E-state index in [0.717, 1.165) is 38.9 Å². The van der Waals surface area contributed by atoms with Crippen LogP contribution in [0.25, 0.3) is 0 Å². The van der Waals surface area contributed by atoms with Crippen molar-refractivity contribution in [2.75, 3.05) is 13.2 Å². The molecule has 1 heterocycles. The number of hydrogen-bond acceptors (Lipinski definition) is 4. The molecule has 0 aromatic rings. The lowest BCUT2D eigenvalue weighted by Crippen LogP contribution is -2.51. The van der Waals surface area contributed by atoms with Crippen molar-refractivity contribution in [3.05, 3.63) is 0 Å². The molecule has 0 atom stereocenters. The van der Waals surface area contributed by atoms with Gasteiger partial charge in [-0.15, -0.1) is 0 Å². The molecule has 19 heavy (non-hydrogen) atoms. The Labute approximate surface area is 114 Å². The molecule has 0 aromatic heterocycles. The second kappa shape index (κ2) is 5.04. The average Bonchev–Trinajstić information content (AvgIpc) is 2.37. The highest BCUT2D eigenvalue weighted by molar-refractivity contribution is 5.75. The van der Waals surface area contributed by atoms with Gasteiger partial charge < -0.3 is 9.47 Å². The van der Waals surface area contributed by atoms with E-state index in [1.165, 1.54) is 0 Å². The summed E-state index contributed by atoms with van der Waals surface area (Å²) >= 11 is 0. The van der Waals surface area contributed by atoms with E-state index in [-0.39, 0.29) is 16.7 Å². The van der Waals surface area contributed by atoms with Crippen LogP contribution in [0.15, 0.2) is 0 Å². The first-order valence-electron chi connectivity index (χ1n) is 6.99. The van der Waals surface area contributed by atoms with Gasteiger partial charge in [-0.3, -0.25) is 10.0 Å². The van der Waals surface area contributed by atoms with E-state index in [1.54, 1.807) is 5.48 Å². The van der Waals surface area contributed by atoms with Gasteiger partial charge in [0, 0.05) is 24.7 Å². The molecule has 1 aliphatic heterocycles. The molecule has 2 N–H and O–H groups in total. The Hall–Kier alpha value is -0.650. The molecule has 2 rings (SSSR count). The lowest BCUT2D eigenvalue weighted by Gasteiger charge is -2.49. The van der Waals surface area contributed by atoms with Crippen LogP contribution in [0.4, 0.5) is 0 Å². The third-order valence-electron chi connectivity index (χ3n) is 4.38. The van der Waals surface area contributed by atoms with Crippen LogP contribution >= 0.6 is 0 Å². The first-order valence-corrected chi connectivity index (χ1v) is 6.99. The van der Waals surface area contributed by atoms with E-state index >= 15 is 0 Å². The number of rotatable bonds is 2. The lowest BCUT2D eigenvalue weighted by molar-refractivity contribution is -0.315. The average molecular weight is 271 g/mol. The zero-order chi connectivity index (χ0) is 14.1. The molecule has 0 radical (unpaired) electrons. The van der Waals surface area contributed by atoms with Gasteiger partial charge in [0.2, 0.25) is 5.91 Å². The molecule has 1 saturated heterocycles. The minimum atomic E-state index is -0.440. The summed E-state index contributed by atoms with van der Waals surface area (Å²) < 4.78 is 11.9. The Morgan fingerprint density at radius 3 is 2.11 bits per heavy atom. The van der Waals surface area contributed by atoms with Crippen LogP contribution in [0, 0.1) is 10.8 Å². The Morgan fingerprint density at radius 2 is 1.63 bits per heavy atom. The minimum Gasteiger partial charge on any atom is -0.349 e. The smallest absolute Gasteiger partial charge is 0.243 e. The van der Waals surface area contributed by atoms with E-state index in [0.29, 0.717) is 6.42 Å². The zero-order valence-corrected chi connectivity index (χ0v) is 12.1. The summed E-state index contributed by atoms with van der Waals surface area (Å²) in [5.74, 6) is -0.755. The fourth-order valence-electron chi connectivity index (χ4n) is 2.86. The van der Waals surface area contributed by atoms with Crippen LogP contribution in [0.2, 0.25) is 0 Å². The largest absolute Gasteiger partial charge is 0.349 e. The molecule has 1 amide bonds. The van der Waals surface area contributed by atoms with Gasteiger partial charge in [-0.1, -0.05) is 20.8 Å². The quantitative estimate of drug-likeness (QED) is 0.597. The van der Waals surface area contributed by atoms with Crippen molar-refractivity contribution in [3.63, 3.8) is 0 Å². The second-order valence-corrected chi connectivity index (χ2v) is 7.17. The minimum absolute atomic E-state index is 0.0717. The van der Waals surface area contributed by atoms with E-state index < -0.39 is 5.79 Å².